The van der Waals surface area contributed by atoms with Crippen LogP contribution in [0.5, 0.6) is 5.75 Å². The second-order valence-corrected chi connectivity index (χ2v) is 2.48. The third-order valence-electron chi connectivity index (χ3n) is 1.41. The van der Waals surface area contributed by atoms with Crippen molar-refractivity contribution in [2.24, 2.45) is 5.73 Å². The molecule has 1 rings (SSSR count). The molecule has 2 N–H and O–H groups in total. The average molecular weight is 232 g/mol. The summed E-state index contributed by atoms with van der Waals surface area (Å²) in [6, 6.07) is 9.69. The molecule has 1 aromatic carbocycles. The number of ether oxygens (including phenoxy) is 1. The molecule has 1 aromatic rings. The lowest BCUT2D eigenvalue weighted by Crippen LogP contribution is -2.22. The molecule has 0 bridgehead atoms. The van der Waals surface area contributed by atoms with Crippen LogP contribution < -0.4 is 10.5 Å². The van der Waals surface area contributed by atoms with Gasteiger partial charge in [-0.2, -0.15) is 0 Å². The summed E-state index contributed by atoms with van der Waals surface area (Å²) in [6.07, 6.45) is 0.0948. The van der Waals surface area contributed by atoms with Gasteiger partial charge in [0.15, 0.2) is 0 Å². The summed E-state index contributed by atoms with van der Waals surface area (Å²) in [4.78, 5) is 0. The summed E-state index contributed by atoms with van der Waals surface area (Å²) in [5.74, 6) is 0.880. The Hall–Kier alpha value is -0.540. The molecule has 12 heavy (non-hydrogen) atoms. The molecule has 0 aliphatic carbocycles. The zero-order valence-corrected chi connectivity index (χ0v) is 8.78. The first-order valence-corrected chi connectivity index (χ1v) is 3.74. The van der Waals surface area contributed by atoms with Crippen molar-refractivity contribution in [3.63, 3.8) is 0 Å². The van der Waals surface area contributed by atoms with Crippen molar-refractivity contribution in [3.8, 4) is 5.75 Å². The Morgan fingerprint density at radius 1 is 1.33 bits per heavy atom. The number of hydrogen-bond acceptors (Lipinski definition) is 2. The van der Waals surface area contributed by atoms with E-state index in [1.807, 2.05) is 37.3 Å². The van der Waals surface area contributed by atoms with E-state index in [4.69, 9.17) is 10.5 Å². The van der Waals surface area contributed by atoms with Crippen molar-refractivity contribution in [3.05, 3.63) is 30.3 Å². The van der Waals surface area contributed by atoms with Crippen LogP contribution in [0.3, 0.4) is 0 Å². The van der Waals surface area contributed by atoms with Crippen LogP contribution in [0.4, 0.5) is 0 Å². The van der Waals surface area contributed by atoms with Crippen molar-refractivity contribution in [2.45, 2.75) is 13.0 Å². The molecule has 0 aromatic heterocycles. The summed E-state index contributed by atoms with van der Waals surface area (Å²) in [5.41, 5.74) is 5.39. The second-order valence-electron chi connectivity index (χ2n) is 2.48. The molecule has 1 unspecified atom stereocenters. The molecule has 68 valence electrons. The molecule has 0 spiro atoms. The number of nitrogens with two attached hydrogens (primary N) is 1. The minimum atomic E-state index is 0. The van der Waals surface area contributed by atoms with E-state index in [1.54, 1.807) is 0 Å². The molecular formula is C9H14BrNO. The fourth-order valence-electron chi connectivity index (χ4n) is 0.779. The molecule has 0 heterocycles. The molecule has 0 aliphatic rings. The van der Waals surface area contributed by atoms with Gasteiger partial charge in [0, 0.05) is 6.54 Å². The number of halogens is 1. The highest BCUT2D eigenvalue weighted by atomic mass is 79.9. The molecule has 0 fully saturated rings. The van der Waals surface area contributed by atoms with E-state index in [0.29, 0.717) is 6.54 Å². The van der Waals surface area contributed by atoms with E-state index in [9.17, 15) is 0 Å². The fraction of sp³-hybridized carbons (Fsp3) is 0.333. The van der Waals surface area contributed by atoms with Crippen LogP contribution in [0, 0.1) is 0 Å². The predicted molar refractivity (Wildman–Crippen MR) is 55.9 cm³/mol. The summed E-state index contributed by atoms with van der Waals surface area (Å²) in [6.45, 7) is 2.50. The molecule has 3 heteroatoms. The van der Waals surface area contributed by atoms with Crippen LogP contribution in [0.15, 0.2) is 30.3 Å². The predicted octanol–water partition coefficient (Wildman–Crippen LogP) is 1.99. The monoisotopic (exact) mass is 231 g/mol. The van der Waals surface area contributed by atoms with Crippen LogP contribution >= 0.6 is 17.0 Å². The first-order chi connectivity index (χ1) is 5.33. The van der Waals surface area contributed by atoms with Gasteiger partial charge in [-0.05, 0) is 19.1 Å². The Labute approximate surface area is 83.5 Å². The number of hydrogen-bond donors (Lipinski definition) is 1. The Bertz CT molecular complexity index is 203. The minimum absolute atomic E-state index is 0. The second kappa shape index (κ2) is 6.03. The first kappa shape index (κ1) is 11.5. The van der Waals surface area contributed by atoms with E-state index in [-0.39, 0.29) is 23.1 Å². The molecule has 0 aliphatic heterocycles. The van der Waals surface area contributed by atoms with Gasteiger partial charge in [0.25, 0.3) is 0 Å². The number of para-hydroxylation sites is 1. The molecule has 0 saturated heterocycles. The van der Waals surface area contributed by atoms with Gasteiger partial charge in [-0.1, -0.05) is 18.2 Å². The van der Waals surface area contributed by atoms with Crippen molar-refractivity contribution in [1.82, 2.24) is 0 Å². The first-order valence-electron chi connectivity index (χ1n) is 3.74. The van der Waals surface area contributed by atoms with Crippen LogP contribution in [0.25, 0.3) is 0 Å². The fourth-order valence-corrected chi connectivity index (χ4v) is 0.779. The Balaban J connectivity index is 0.00000121. The Morgan fingerprint density at radius 2 is 1.92 bits per heavy atom. The van der Waals surface area contributed by atoms with Gasteiger partial charge < -0.3 is 10.5 Å². The van der Waals surface area contributed by atoms with E-state index in [2.05, 4.69) is 0 Å². The van der Waals surface area contributed by atoms with E-state index in [1.165, 1.54) is 0 Å². The quantitative estimate of drug-likeness (QED) is 0.864. The van der Waals surface area contributed by atoms with Crippen LogP contribution in [-0.4, -0.2) is 12.6 Å². The highest BCUT2D eigenvalue weighted by Gasteiger charge is 1.98. The number of benzene rings is 1. The molecule has 0 amide bonds. The van der Waals surface area contributed by atoms with Crippen molar-refractivity contribution >= 4 is 17.0 Å². The highest BCUT2D eigenvalue weighted by Crippen LogP contribution is 2.09. The van der Waals surface area contributed by atoms with Crippen LogP contribution in [-0.2, 0) is 0 Å². The van der Waals surface area contributed by atoms with Gasteiger partial charge in [-0.3, -0.25) is 0 Å². The maximum absolute atomic E-state index is 5.44. The number of rotatable bonds is 3. The SMILES string of the molecule is Br.CC(CN)Oc1ccccc1. The van der Waals surface area contributed by atoms with E-state index >= 15 is 0 Å². The van der Waals surface area contributed by atoms with Gasteiger partial charge in [-0.15, -0.1) is 17.0 Å². The lowest BCUT2D eigenvalue weighted by atomic mass is 10.3. The van der Waals surface area contributed by atoms with Crippen molar-refractivity contribution in [2.75, 3.05) is 6.54 Å². The topological polar surface area (TPSA) is 35.2 Å². The van der Waals surface area contributed by atoms with Crippen LogP contribution in [0.2, 0.25) is 0 Å². The molecule has 1 atom stereocenters. The van der Waals surface area contributed by atoms with Gasteiger partial charge in [0.05, 0.1) is 0 Å². The van der Waals surface area contributed by atoms with Crippen molar-refractivity contribution in [1.29, 1.82) is 0 Å². The third kappa shape index (κ3) is 3.74. The highest BCUT2D eigenvalue weighted by molar-refractivity contribution is 8.93. The van der Waals surface area contributed by atoms with Crippen molar-refractivity contribution < 1.29 is 4.74 Å². The standard InChI is InChI=1S/C9H13NO.BrH/c1-8(7-10)11-9-5-3-2-4-6-9;/h2-6,8H,7,10H2,1H3;1H. The van der Waals surface area contributed by atoms with Crippen LogP contribution in [0.1, 0.15) is 6.92 Å². The minimum Gasteiger partial charge on any atom is -0.489 e. The van der Waals surface area contributed by atoms with E-state index in [0.717, 1.165) is 5.75 Å². The molecule has 0 radical (unpaired) electrons. The van der Waals surface area contributed by atoms with Gasteiger partial charge in [0.2, 0.25) is 0 Å². The Morgan fingerprint density at radius 3 is 2.42 bits per heavy atom. The smallest absolute Gasteiger partial charge is 0.119 e. The zero-order valence-electron chi connectivity index (χ0n) is 7.07. The molecule has 2 nitrogen and oxygen atoms in total. The maximum Gasteiger partial charge on any atom is 0.119 e. The van der Waals surface area contributed by atoms with Gasteiger partial charge >= 0.3 is 0 Å². The molecule has 0 saturated carbocycles. The summed E-state index contributed by atoms with van der Waals surface area (Å²) < 4.78 is 5.44. The van der Waals surface area contributed by atoms with Gasteiger partial charge in [0.1, 0.15) is 11.9 Å². The summed E-state index contributed by atoms with van der Waals surface area (Å²) in [7, 11) is 0. The lowest BCUT2D eigenvalue weighted by molar-refractivity contribution is 0.230. The lowest BCUT2D eigenvalue weighted by Gasteiger charge is -2.11. The van der Waals surface area contributed by atoms with E-state index < -0.39 is 0 Å². The zero-order chi connectivity index (χ0) is 8.10. The summed E-state index contributed by atoms with van der Waals surface area (Å²) in [5, 5.41) is 0. The van der Waals surface area contributed by atoms with Gasteiger partial charge in [-0.25, -0.2) is 0 Å². The summed E-state index contributed by atoms with van der Waals surface area (Å²) >= 11 is 0. The Kier molecular flexibility index (Phi) is 5.76. The molecular weight excluding hydrogens is 218 g/mol. The largest absolute Gasteiger partial charge is 0.489 e. The third-order valence-corrected chi connectivity index (χ3v) is 1.41. The maximum atomic E-state index is 5.44. The average Bonchev–Trinajstić information content (AvgIpc) is 2.06. The normalized spacial score (nSPS) is 11.5.